The molecule has 0 radical (unpaired) electrons. The maximum absolute atomic E-state index is 5.90. The van der Waals surface area contributed by atoms with E-state index in [1.165, 1.54) is 29.5 Å². The van der Waals surface area contributed by atoms with E-state index in [1.807, 2.05) is 18.2 Å². The third kappa shape index (κ3) is 6.86. The molecule has 28 heavy (non-hydrogen) atoms. The Bertz CT molecular complexity index is 784. The summed E-state index contributed by atoms with van der Waals surface area (Å²) in [4.78, 5) is 2.56. The van der Waals surface area contributed by atoms with Gasteiger partial charge in [0.25, 0.3) is 0 Å². The van der Waals surface area contributed by atoms with Gasteiger partial charge in [-0.25, -0.2) is 0 Å². The van der Waals surface area contributed by atoms with Gasteiger partial charge in [0.05, 0.1) is 0 Å². The summed E-state index contributed by atoms with van der Waals surface area (Å²) in [6.07, 6.45) is 3.53. The first kappa shape index (κ1) is 20.2. The first-order valence-electron chi connectivity index (χ1n) is 10.4. The van der Waals surface area contributed by atoms with Gasteiger partial charge in [-0.2, -0.15) is 0 Å². The molecule has 0 aliphatic rings. The summed E-state index contributed by atoms with van der Waals surface area (Å²) in [5, 5.41) is 0. The van der Waals surface area contributed by atoms with Gasteiger partial charge in [0, 0.05) is 6.54 Å². The zero-order valence-electron chi connectivity index (χ0n) is 16.9. The summed E-state index contributed by atoms with van der Waals surface area (Å²) in [5.41, 5.74) is 3.97. The van der Waals surface area contributed by atoms with Crippen LogP contribution in [0, 0.1) is 0 Å². The molecule has 0 aliphatic heterocycles. The Morgan fingerprint density at radius 1 is 0.679 bits per heavy atom. The van der Waals surface area contributed by atoms with E-state index in [-0.39, 0.29) is 0 Å². The van der Waals surface area contributed by atoms with Gasteiger partial charge in [0.1, 0.15) is 12.4 Å². The lowest BCUT2D eigenvalue weighted by atomic mass is 10.1. The fraction of sp³-hybridized carbons (Fsp3) is 0.308. The molecule has 146 valence electrons. The Balaban J connectivity index is 1.47. The Morgan fingerprint density at radius 2 is 1.32 bits per heavy atom. The lowest BCUT2D eigenvalue weighted by Crippen LogP contribution is -2.25. The van der Waals surface area contributed by atoms with Gasteiger partial charge in [0.2, 0.25) is 0 Å². The third-order valence-electron chi connectivity index (χ3n) is 4.90. The standard InChI is InChI=1S/C26H31NO/c1-2-19-27(20-9-14-23-10-5-3-6-11-23)21-24-15-17-26(18-16-24)28-22-25-12-7-4-8-13-25/h3-8,10-13,15-18H,2,9,14,19-22H2,1H3. The van der Waals surface area contributed by atoms with Crippen molar-refractivity contribution in [3.05, 3.63) is 102 Å². The molecule has 0 fully saturated rings. The molecule has 0 heterocycles. The maximum Gasteiger partial charge on any atom is 0.119 e. The Morgan fingerprint density at radius 3 is 1.96 bits per heavy atom. The van der Waals surface area contributed by atoms with Crippen LogP contribution >= 0.6 is 0 Å². The minimum Gasteiger partial charge on any atom is -0.489 e. The molecule has 0 amide bonds. The number of aryl methyl sites for hydroxylation is 1. The summed E-state index contributed by atoms with van der Waals surface area (Å²) in [7, 11) is 0. The van der Waals surface area contributed by atoms with E-state index >= 15 is 0 Å². The monoisotopic (exact) mass is 373 g/mol. The second-order valence-corrected chi connectivity index (χ2v) is 7.28. The Labute approximate surface area is 169 Å². The fourth-order valence-electron chi connectivity index (χ4n) is 3.43. The molecule has 3 aromatic carbocycles. The van der Waals surface area contributed by atoms with Crippen molar-refractivity contribution in [2.75, 3.05) is 13.1 Å². The van der Waals surface area contributed by atoms with E-state index in [2.05, 4.69) is 78.6 Å². The first-order chi connectivity index (χ1) is 13.8. The summed E-state index contributed by atoms with van der Waals surface area (Å²) in [6.45, 7) is 6.14. The van der Waals surface area contributed by atoms with Gasteiger partial charge in [0.15, 0.2) is 0 Å². The molecule has 0 spiro atoms. The van der Waals surface area contributed by atoms with Crippen LogP contribution in [0.15, 0.2) is 84.9 Å². The molecule has 2 heteroatoms. The molecule has 2 nitrogen and oxygen atoms in total. The molecule has 0 aliphatic carbocycles. The van der Waals surface area contributed by atoms with Crippen LogP contribution < -0.4 is 4.74 Å². The van der Waals surface area contributed by atoms with Gasteiger partial charge in [-0.05, 0) is 61.2 Å². The molecule has 3 rings (SSSR count). The quantitative estimate of drug-likeness (QED) is 0.402. The fourth-order valence-corrected chi connectivity index (χ4v) is 3.43. The number of rotatable bonds is 11. The number of hydrogen-bond acceptors (Lipinski definition) is 2. The van der Waals surface area contributed by atoms with Crippen molar-refractivity contribution >= 4 is 0 Å². The SMILES string of the molecule is CCCN(CCCc1ccccc1)Cc1ccc(OCc2ccccc2)cc1. The average molecular weight is 374 g/mol. The number of nitrogens with zero attached hydrogens (tertiary/aromatic N) is 1. The first-order valence-corrected chi connectivity index (χ1v) is 10.4. The van der Waals surface area contributed by atoms with Crippen LogP contribution in [0.2, 0.25) is 0 Å². The molecule has 0 saturated heterocycles. The highest BCUT2D eigenvalue weighted by Crippen LogP contribution is 2.16. The zero-order chi connectivity index (χ0) is 19.4. The minimum absolute atomic E-state index is 0.613. The normalized spacial score (nSPS) is 10.9. The van der Waals surface area contributed by atoms with Gasteiger partial charge in [-0.1, -0.05) is 79.7 Å². The van der Waals surface area contributed by atoms with E-state index in [0.717, 1.165) is 31.8 Å². The predicted molar refractivity (Wildman–Crippen MR) is 118 cm³/mol. The average Bonchev–Trinajstić information content (AvgIpc) is 2.75. The molecule has 3 aromatic rings. The Kier molecular flexibility index (Phi) is 8.14. The number of ether oxygens (including phenoxy) is 1. The van der Waals surface area contributed by atoms with E-state index in [0.29, 0.717) is 6.61 Å². The second-order valence-electron chi connectivity index (χ2n) is 7.28. The molecule has 0 bridgehead atoms. The van der Waals surface area contributed by atoms with Crippen LogP contribution in [0.5, 0.6) is 5.75 Å². The predicted octanol–water partition coefficient (Wildman–Crippen LogP) is 6.11. The summed E-state index contributed by atoms with van der Waals surface area (Å²) < 4.78 is 5.90. The molecular formula is C26H31NO. The lowest BCUT2D eigenvalue weighted by molar-refractivity contribution is 0.262. The highest BCUT2D eigenvalue weighted by Gasteiger charge is 2.06. The highest BCUT2D eigenvalue weighted by atomic mass is 16.5. The van der Waals surface area contributed by atoms with Crippen LogP contribution in [0.4, 0.5) is 0 Å². The van der Waals surface area contributed by atoms with Crippen molar-refractivity contribution in [2.24, 2.45) is 0 Å². The van der Waals surface area contributed by atoms with Gasteiger partial charge in [-0.3, -0.25) is 4.90 Å². The Hall–Kier alpha value is -2.58. The summed E-state index contributed by atoms with van der Waals surface area (Å²) in [6, 6.07) is 29.6. The second kappa shape index (κ2) is 11.3. The van der Waals surface area contributed by atoms with Crippen molar-refractivity contribution < 1.29 is 4.74 Å². The maximum atomic E-state index is 5.90. The molecular weight excluding hydrogens is 342 g/mol. The largest absolute Gasteiger partial charge is 0.489 e. The van der Waals surface area contributed by atoms with Crippen LogP contribution in [-0.4, -0.2) is 18.0 Å². The highest BCUT2D eigenvalue weighted by molar-refractivity contribution is 5.28. The van der Waals surface area contributed by atoms with Gasteiger partial charge in [-0.15, -0.1) is 0 Å². The van der Waals surface area contributed by atoms with Crippen LogP contribution in [0.3, 0.4) is 0 Å². The van der Waals surface area contributed by atoms with Crippen LogP contribution in [0.1, 0.15) is 36.5 Å². The van der Waals surface area contributed by atoms with Crippen molar-refractivity contribution in [1.82, 2.24) is 4.90 Å². The van der Waals surface area contributed by atoms with Crippen LogP contribution in [-0.2, 0) is 19.6 Å². The van der Waals surface area contributed by atoms with E-state index < -0.39 is 0 Å². The van der Waals surface area contributed by atoms with Crippen molar-refractivity contribution in [1.29, 1.82) is 0 Å². The molecule has 0 saturated carbocycles. The molecule has 0 unspecified atom stereocenters. The zero-order valence-corrected chi connectivity index (χ0v) is 16.9. The van der Waals surface area contributed by atoms with E-state index in [9.17, 15) is 0 Å². The van der Waals surface area contributed by atoms with E-state index in [1.54, 1.807) is 0 Å². The smallest absolute Gasteiger partial charge is 0.119 e. The topological polar surface area (TPSA) is 12.5 Å². The summed E-state index contributed by atoms with van der Waals surface area (Å²) >= 11 is 0. The lowest BCUT2D eigenvalue weighted by Gasteiger charge is -2.22. The number of benzene rings is 3. The molecule has 0 atom stereocenters. The van der Waals surface area contributed by atoms with Crippen molar-refractivity contribution in [2.45, 2.75) is 39.3 Å². The van der Waals surface area contributed by atoms with Crippen molar-refractivity contribution in [3.8, 4) is 5.75 Å². The summed E-state index contributed by atoms with van der Waals surface area (Å²) in [5.74, 6) is 0.929. The van der Waals surface area contributed by atoms with Crippen LogP contribution in [0.25, 0.3) is 0 Å². The van der Waals surface area contributed by atoms with Gasteiger partial charge < -0.3 is 4.74 Å². The van der Waals surface area contributed by atoms with Gasteiger partial charge >= 0.3 is 0 Å². The van der Waals surface area contributed by atoms with E-state index in [4.69, 9.17) is 4.74 Å². The number of hydrogen-bond donors (Lipinski definition) is 0. The van der Waals surface area contributed by atoms with Crippen molar-refractivity contribution in [3.63, 3.8) is 0 Å². The molecule has 0 N–H and O–H groups in total. The third-order valence-corrected chi connectivity index (χ3v) is 4.90. The minimum atomic E-state index is 0.613. The molecule has 0 aromatic heterocycles.